The summed E-state index contributed by atoms with van der Waals surface area (Å²) >= 11 is 0. The summed E-state index contributed by atoms with van der Waals surface area (Å²) in [6, 6.07) is 11.2. The van der Waals surface area contributed by atoms with Crippen molar-refractivity contribution in [2.45, 2.75) is 19.8 Å². The molecule has 0 spiro atoms. The number of esters is 1. The van der Waals surface area contributed by atoms with Gasteiger partial charge < -0.3 is 19.3 Å². The Kier molecular flexibility index (Phi) is 7.05. The van der Waals surface area contributed by atoms with Crippen molar-refractivity contribution in [1.82, 2.24) is 9.88 Å². The van der Waals surface area contributed by atoms with Crippen LogP contribution in [0.15, 0.2) is 42.6 Å². The Hall–Kier alpha value is -3.09. The van der Waals surface area contributed by atoms with Crippen LogP contribution in [-0.2, 0) is 16.0 Å². The number of rotatable bonds is 6. The van der Waals surface area contributed by atoms with E-state index in [-0.39, 0.29) is 11.9 Å². The molecule has 1 amide bonds. The monoisotopic (exact) mass is 397 g/mol. The zero-order chi connectivity index (χ0) is 20.6. The van der Waals surface area contributed by atoms with Crippen LogP contribution in [0, 0.1) is 0 Å². The predicted molar refractivity (Wildman–Crippen MR) is 110 cm³/mol. The Balaban J connectivity index is 1.58. The van der Waals surface area contributed by atoms with Gasteiger partial charge in [0, 0.05) is 32.4 Å². The number of amides is 1. The molecule has 1 saturated heterocycles. The Labute approximate surface area is 171 Å². The zero-order valence-corrected chi connectivity index (χ0v) is 17.0. The number of carbonyl (C=O) groups excluding carboxylic acids is 2. The van der Waals surface area contributed by atoms with E-state index in [1.54, 1.807) is 26.3 Å². The number of hydrogen-bond donors (Lipinski definition) is 0. The minimum Gasteiger partial charge on any atom is -0.497 e. The molecular weight excluding hydrogens is 370 g/mol. The smallest absolute Gasteiger partial charge is 0.339 e. The molecular formula is C22H27N3O4. The van der Waals surface area contributed by atoms with Crippen LogP contribution in [-0.4, -0.2) is 61.7 Å². The third kappa shape index (κ3) is 5.47. The molecule has 3 rings (SSSR count). The molecule has 2 heterocycles. The van der Waals surface area contributed by atoms with Crippen LogP contribution in [0.5, 0.6) is 5.75 Å². The van der Waals surface area contributed by atoms with Crippen molar-refractivity contribution in [2.75, 3.05) is 44.8 Å². The number of aromatic nitrogens is 1. The molecule has 154 valence electrons. The van der Waals surface area contributed by atoms with E-state index < -0.39 is 0 Å². The molecule has 7 nitrogen and oxygen atoms in total. The standard InChI is InChI=1S/C22H27N3O4/c1-3-29-22(27)18-8-9-20(23-16-18)24-10-5-11-25(13-12-24)21(26)15-17-6-4-7-19(14-17)28-2/h4,6-9,14,16H,3,5,10-13,15H2,1-2H3. The molecule has 0 atom stereocenters. The van der Waals surface area contributed by atoms with Crippen LogP contribution in [0.3, 0.4) is 0 Å². The van der Waals surface area contributed by atoms with Crippen molar-refractivity contribution in [3.8, 4) is 5.75 Å². The molecule has 1 aromatic carbocycles. The average Bonchev–Trinajstić information content (AvgIpc) is 3.00. The zero-order valence-electron chi connectivity index (χ0n) is 17.0. The van der Waals surface area contributed by atoms with E-state index in [9.17, 15) is 9.59 Å². The summed E-state index contributed by atoms with van der Waals surface area (Å²) < 4.78 is 10.2. The molecule has 1 aromatic heterocycles. The summed E-state index contributed by atoms with van der Waals surface area (Å²) in [6.45, 7) is 5.00. The van der Waals surface area contributed by atoms with Gasteiger partial charge in [0.05, 0.1) is 25.7 Å². The molecule has 0 aliphatic carbocycles. The van der Waals surface area contributed by atoms with Gasteiger partial charge in [-0.25, -0.2) is 9.78 Å². The maximum Gasteiger partial charge on any atom is 0.339 e. The number of hydrogen-bond acceptors (Lipinski definition) is 6. The van der Waals surface area contributed by atoms with E-state index in [1.807, 2.05) is 35.2 Å². The third-order valence-electron chi connectivity index (χ3n) is 4.92. The minimum atomic E-state index is -0.364. The molecule has 2 aromatic rings. The Morgan fingerprint density at radius 3 is 2.69 bits per heavy atom. The van der Waals surface area contributed by atoms with E-state index >= 15 is 0 Å². The van der Waals surface area contributed by atoms with Crippen molar-refractivity contribution in [3.05, 3.63) is 53.7 Å². The first-order valence-electron chi connectivity index (χ1n) is 9.89. The lowest BCUT2D eigenvalue weighted by atomic mass is 10.1. The Morgan fingerprint density at radius 2 is 1.97 bits per heavy atom. The van der Waals surface area contributed by atoms with Gasteiger partial charge >= 0.3 is 5.97 Å². The van der Waals surface area contributed by atoms with Gasteiger partial charge in [-0.2, -0.15) is 0 Å². The number of pyridine rings is 1. The first-order chi connectivity index (χ1) is 14.1. The SMILES string of the molecule is CCOC(=O)c1ccc(N2CCCN(C(=O)Cc3cccc(OC)c3)CC2)nc1. The Bertz CT molecular complexity index is 838. The second-order valence-electron chi connectivity index (χ2n) is 6.88. The highest BCUT2D eigenvalue weighted by Gasteiger charge is 2.20. The highest BCUT2D eigenvalue weighted by atomic mass is 16.5. The van der Waals surface area contributed by atoms with E-state index in [0.29, 0.717) is 31.7 Å². The summed E-state index contributed by atoms with van der Waals surface area (Å²) in [6.07, 6.45) is 2.78. The normalized spacial score (nSPS) is 14.3. The summed E-state index contributed by atoms with van der Waals surface area (Å²) in [5.74, 6) is 1.32. The molecule has 0 bridgehead atoms. The first kappa shape index (κ1) is 20.6. The van der Waals surface area contributed by atoms with E-state index in [2.05, 4.69) is 9.88 Å². The number of benzene rings is 1. The third-order valence-corrected chi connectivity index (χ3v) is 4.92. The molecule has 0 radical (unpaired) electrons. The Morgan fingerprint density at radius 1 is 1.10 bits per heavy atom. The van der Waals surface area contributed by atoms with Crippen LogP contribution in [0.2, 0.25) is 0 Å². The van der Waals surface area contributed by atoms with Gasteiger partial charge in [0.25, 0.3) is 0 Å². The van der Waals surface area contributed by atoms with Gasteiger partial charge in [0.1, 0.15) is 11.6 Å². The topological polar surface area (TPSA) is 72.0 Å². The number of ether oxygens (including phenoxy) is 2. The molecule has 0 unspecified atom stereocenters. The molecule has 1 aliphatic heterocycles. The number of nitrogens with zero attached hydrogens (tertiary/aromatic N) is 3. The quantitative estimate of drug-likeness (QED) is 0.698. The van der Waals surface area contributed by atoms with Crippen LogP contribution in [0.1, 0.15) is 29.3 Å². The fraction of sp³-hybridized carbons (Fsp3) is 0.409. The first-order valence-corrected chi connectivity index (χ1v) is 9.89. The second kappa shape index (κ2) is 9.91. The van der Waals surface area contributed by atoms with Crippen LogP contribution >= 0.6 is 0 Å². The van der Waals surface area contributed by atoms with Crippen molar-refractivity contribution >= 4 is 17.7 Å². The van der Waals surface area contributed by atoms with E-state index in [1.165, 1.54) is 0 Å². The molecule has 0 saturated carbocycles. The van der Waals surface area contributed by atoms with Crippen molar-refractivity contribution < 1.29 is 19.1 Å². The number of methoxy groups -OCH3 is 1. The number of carbonyl (C=O) groups is 2. The molecule has 1 fully saturated rings. The van der Waals surface area contributed by atoms with Crippen LogP contribution in [0.25, 0.3) is 0 Å². The average molecular weight is 397 g/mol. The predicted octanol–water partition coefficient (Wildman–Crippen LogP) is 2.55. The van der Waals surface area contributed by atoms with Crippen molar-refractivity contribution in [2.24, 2.45) is 0 Å². The number of anilines is 1. The van der Waals surface area contributed by atoms with Gasteiger partial charge in [0.15, 0.2) is 0 Å². The largest absolute Gasteiger partial charge is 0.497 e. The summed E-state index contributed by atoms with van der Waals surface area (Å²) in [5, 5.41) is 0. The highest BCUT2D eigenvalue weighted by Crippen LogP contribution is 2.17. The fourth-order valence-electron chi connectivity index (χ4n) is 3.37. The highest BCUT2D eigenvalue weighted by molar-refractivity contribution is 5.89. The molecule has 7 heteroatoms. The summed E-state index contributed by atoms with van der Waals surface area (Å²) in [7, 11) is 1.62. The maximum atomic E-state index is 12.7. The molecule has 29 heavy (non-hydrogen) atoms. The van der Waals surface area contributed by atoms with Crippen LogP contribution in [0.4, 0.5) is 5.82 Å². The second-order valence-corrected chi connectivity index (χ2v) is 6.88. The van der Waals surface area contributed by atoms with E-state index in [4.69, 9.17) is 9.47 Å². The maximum absolute atomic E-state index is 12.7. The molecule has 0 N–H and O–H groups in total. The lowest BCUT2D eigenvalue weighted by Gasteiger charge is -2.23. The van der Waals surface area contributed by atoms with Gasteiger partial charge in [-0.3, -0.25) is 4.79 Å². The molecule has 1 aliphatic rings. The minimum absolute atomic E-state index is 0.116. The summed E-state index contributed by atoms with van der Waals surface area (Å²) in [4.78, 5) is 33.0. The van der Waals surface area contributed by atoms with E-state index in [0.717, 1.165) is 36.6 Å². The van der Waals surface area contributed by atoms with Gasteiger partial charge in [-0.15, -0.1) is 0 Å². The van der Waals surface area contributed by atoms with Crippen molar-refractivity contribution in [3.63, 3.8) is 0 Å². The summed E-state index contributed by atoms with van der Waals surface area (Å²) in [5.41, 5.74) is 1.40. The van der Waals surface area contributed by atoms with Crippen LogP contribution < -0.4 is 9.64 Å². The van der Waals surface area contributed by atoms with Gasteiger partial charge in [-0.1, -0.05) is 12.1 Å². The lowest BCUT2D eigenvalue weighted by molar-refractivity contribution is -0.130. The van der Waals surface area contributed by atoms with Crippen molar-refractivity contribution in [1.29, 1.82) is 0 Å². The van der Waals surface area contributed by atoms with Gasteiger partial charge in [-0.05, 0) is 43.2 Å². The fourth-order valence-corrected chi connectivity index (χ4v) is 3.37. The van der Waals surface area contributed by atoms with Gasteiger partial charge in [0.2, 0.25) is 5.91 Å². The lowest BCUT2D eigenvalue weighted by Crippen LogP contribution is -2.36.